The predicted octanol–water partition coefficient (Wildman–Crippen LogP) is 2.81. The van der Waals surface area contributed by atoms with E-state index in [1.807, 2.05) is 0 Å². The number of hydrogen-bond acceptors (Lipinski definition) is 1. The van der Waals surface area contributed by atoms with Crippen molar-refractivity contribution < 1.29 is 0 Å². The second-order valence-electron chi connectivity index (χ2n) is 4.20. The first-order valence-corrected chi connectivity index (χ1v) is 5.25. The van der Waals surface area contributed by atoms with Gasteiger partial charge in [0.15, 0.2) is 0 Å². The smallest absolute Gasteiger partial charge is 0.0127 e. The quantitative estimate of drug-likeness (QED) is 0.621. The van der Waals surface area contributed by atoms with Crippen LogP contribution in [-0.4, -0.2) is 12.6 Å². The molecule has 0 fully saturated rings. The van der Waals surface area contributed by atoms with Gasteiger partial charge < -0.3 is 5.32 Å². The van der Waals surface area contributed by atoms with E-state index in [2.05, 4.69) is 38.9 Å². The fraction of sp³-hybridized carbons (Fsp3) is 0.833. The topological polar surface area (TPSA) is 12.0 Å². The molecule has 0 aromatic rings. The minimum absolute atomic E-state index is 0.354. The molecule has 0 aliphatic heterocycles. The summed E-state index contributed by atoms with van der Waals surface area (Å²) in [6, 6.07) is 0.554. The molecule has 1 unspecified atom stereocenters. The highest BCUT2D eigenvalue weighted by Gasteiger charge is 2.25. The van der Waals surface area contributed by atoms with Crippen LogP contribution in [0.3, 0.4) is 0 Å². The number of nitrogens with one attached hydrogen (secondary N) is 1. The van der Waals surface area contributed by atoms with Crippen LogP contribution >= 0.6 is 0 Å². The second kappa shape index (κ2) is 6.05. The van der Waals surface area contributed by atoms with Crippen LogP contribution in [0.4, 0.5) is 0 Å². The van der Waals surface area contributed by atoms with E-state index in [0.29, 0.717) is 11.5 Å². The molecule has 1 atom stereocenters. The van der Waals surface area contributed by atoms with Crippen molar-refractivity contribution in [3.8, 4) is 12.3 Å². The van der Waals surface area contributed by atoms with Gasteiger partial charge in [-0.2, -0.15) is 0 Å². The average Bonchev–Trinajstić information content (AvgIpc) is 2.12. The molecule has 1 N–H and O–H groups in total. The summed E-state index contributed by atoms with van der Waals surface area (Å²) in [5.41, 5.74) is 0.354. The van der Waals surface area contributed by atoms with Gasteiger partial charge in [-0.25, -0.2) is 0 Å². The van der Waals surface area contributed by atoms with Crippen molar-refractivity contribution in [2.45, 2.75) is 53.0 Å². The second-order valence-corrected chi connectivity index (χ2v) is 4.20. The van der Waals surface area contributed by atoms with E-state index < -0.39 is 0 Å². The maximum atomic E-state index is 5.28. The Labute approximate surface area is 83.3 Å². The third-order valence-electron chi connectivity index (χ3n) is 2.88. The zero-order valence-corrected chi connectivity index (χ0v) is 9.48. The lowest BCUT2D eigenvalue weighted by Crippen LogP contribution is -2.41. The molecule has 0 saturated carbocycles. The van der Waals surface area contributed by atoms with Crippen LogP contribution in [0.2, 0.25) is 0 Å². The maximum absolute atomic E-state index is 5.28. The zero-order chi connectivity index (χ0) is 10.3. The molecule has 1 heteroatoms. The summed E-state index contributed by atoms with van der Waals surface area (Å²) in [6.07, 6.45) is 8.43. The molecule has 0 aliphatic carbocycles. The van der Waals surface area contributed by atoms with E-state index >= 15 is 0 Å². The molecule has 0 bridgehead atoms. The standard InChI is InChI=1S/C12H23N/c1-6-9-10-11(13-8-3)12(4,5)7-2/h1,11,13H,7-10H2,2-5H3. The fourth-order valence-electron chi connectivity index (χ4n) is 1.49. The van der Waals surface area contributed by atoms with Crippen LogP contribution in [0.15, 0.2) is 0 Å². The van der Waals surface area contributed by atoms with E-state index in [-0.39, 0.29) is 0 Å². The van der Waals surface area contributed by atoms with Gasteiger partial charge in [0.05, 0.1) is 0 Å². The fourth-order valence-corrected chi connectivity index (χ4v) is 1.49. The Bertz CT molecular complexity index is 164. The van der Waals surface area contributed by atoms with E-state index in [1.165, 1.54) is 6.42 Å². The highest BCUT2D eigenvalue weighted by Crippen LogP contribution is 2.27. The molecular weight excluding hydrogens is 158 g/mol. The van der Waals surface area contributed by atoms with E-state index in [1.54, 1.807) is 0 Å². The number of hydrogen-bond donors (Lipinski definition) is 1. The largest absolute Gasteiger partial charge is 0.314 e. The maximum Gasteiger partial charge on any atom is 0.0127 e. The van der Waals surface area contributed by atoms with Crippen LogP contribution in [0, 0.1) is 17.8 Å². The van der Waals surface area contributed by atoms with Crippen LogP contribution < -0.4 is 5.32 Å². The molecule has 0 radical (unpaired) electrons. The summed E-state index contributed by atoms with van der Waals surface area (Å²) in [4.78, 5) is 0. The van der Waals surface area contributed by atoms with Gasteiger partial charge in [0.2, 0.25) is 0 Å². The van der Waals surface area contributed by atoms with Gasteiger partial charge in [0.1, 0.15) is 0 Å². The summed E-state index contributed by atoms with van der Waals surface area (Å²) < 4.78 is 0. The van der Waals surface area contributed by atoms with Crippen LogP contribution in [-0.2, 0) is 0 Å². The van der Waals surface area contributed by atoms with E-state index in [4.69, 9.17) is 6.42 Å². The molecule has 0 rings (SSSR count). The van der Waals surface area contributed by atoms with Crippen molar-refractivity contribution in [1.82, 2.24) is 5.32 Å². The Morgan fingerprint density at radius 2 is 2.00 bits per heavy atom. The zero-order valence-electron chi connectivity index (χ0n) is 9.48. The summed E-state index contributed by atoms with van der Waals surface area (Å²) in [5.74, 6) is 2.71. The molecule has 0 aliphatic rings. The molecule has 76 valence electrons. The Kier molecular flexibility index (Phi) is 5.82. The lowest BCUT2D eigenvalue weighted by Gasteiger charge is -2.33. The van der Waals surface area contributed by atoms with E-state index in [0.717, 1.165) is 19.4 Å². The Hall–Kier alpha value is -0.480. The van der Waals surface area contributed by atoms with Crippen molar-refractivity contribution in [3.63, 3.8) is 0 Å². The average molecular weight is 181 g/mol. The molecular formula is C12H23N. The Morgan fingerprint density at radius 3 is 2.38 bits per heavy atom. The van der Waals surface area contributed by atoms with E-state index in [9.17, 15) is 0 Å². The summed E-state index contributed by atoms with van der Waals surface area (Å²) >= 11 is 0. The highest BCUT2D eigenvalue weighted by atomic mass is 14.9. The predicted molar refractivity (Wildman–Crippen MR) is 59.6 cm³/mol. The molecule has 0 aromatic heterocycles. The van der Waals surface area contributed by atoms with Crippen molar-refractivity contribution in [1.29, 1.82) is 0 Å². The summed E-state index contributed by atoms with van der Waals surface area (Å²) in [6.45, 7) is 10.0. The van der Waals surface area contributed by atoms with Crippen molar-refractivity contribution in [2.75, 3.05) is 6.54 Å². The molecule has 0 saturated heterocycles. The van der Waals surface area contributed by atoms with Gasteiger partial charge in [0.25, 0.3) is 0 Å². The van der Waals surface area contributed by atoms with Gasteiger partial charge in [0, 0.05) is 12.5 Å². The first kappa shape index (κ1) is 12.5. The van der Waals surface area contributed by atoms with Gasteiger partial charge in [-0.05, 0) is 24.8 Å². The van der Waals surface area contributed by atoms with Gasteiger partial charge in [-0.1, -0.05) is 27.7 Å². The lowest BCUT2D eigenvalue weighted by molar-refractivity contribution is 0.224. The van der Waals surface area contributed by atoms with Gasteiger partial charge in [-0.15, -0.1) is 12.3 Å². The first-order valence-electron chi connectivity index (χ1n) is 5.25. The third-order valence-corrected chi connectivity index (χ3v) is 2.88. The van der Waals surface area contributed by atoms with Crippen LogP contribution in [0.1, 0.15) is 47.0 Å². The highest BCUT2D eigenvalue weighted by molar-refractivity contribution is 4.90. The van der Waals surface area contributed by atoms with Crippen molar-refractivity contribution in [3.05, 3.63) is 0 Å². The third kappa shape index (κ3) is 4.33. The van der Waals surface area contributed by atoms with Crippen molar-refractivity contribution >= 4 is 0 Å². The SMILES string of the molecule is C#CCCC(NCC)C(C)(C)CC. The van der Waals surface area contributed by atoms with Gasteiger partial charge in [-0.3, -0.25) is 0 Å². The molecule has 0 spiro atoms. The van der Waals surface area contributed by atoms with Crippen LogP contribution in [0.25, 0.3) is 0 Å². The monoisotopic (exact) mass is 181 g/mol. The molecule has 0 aromatic carbocycles. The first-order chi connectivity index (χ1) is 6.08. The number of rotatable bonds is 6. The summed E-state index contributed by atoms with van der Waals surface area (Å²) in [7, 11) is 0. The normalized spacial score (nSPS) is 13.8. The number of terminal acetylenes is 1. The minimum Gasteiger partial charge on any atom is -0.314 e. The van der Waals surface area contributed by atoms with Gasteiger partial charge >= 0.3 is 0 Å². The van der Waals surface area contributed by atoms with Crippen LogP contribution in [0.5, 0.6) is 0 Å². The molecule has 0 amide bonds. The lowest BCUT2D eigenvalue weighted by atomic mass is 9.79. The van der Waals surface area contributed by atoms with Crippen molar-refractivity contribution in [2.24, 2.45) is 5.41 Å². The Morgan fingerprint density at radius 1 is 1.38 bits per heavy atom. The molecule has 1 nitrogen and oxygen atoms in total. The summed E-state index contributed by atoms with van der Waals surface area (Å²) in [5, 5.41) is 3.51. The minimum atomic E-state index is 0.354. The molecule has 13 heavy (non-hydrogen) atoms. The Balaban J connectivity index is 4.15. The molecule has 0 heterocycles.